The van der Waals surface area contributed by atoms with Gasteiger partial charge in [0, 0.05) is 29.3 Å². The van der Waals surface area contributed by atoms with E-state index in [-0.39, 0.29) is 16.6 Å². The number of carbonyl (C=O) groups is 1. The molecular weight excluding hydrogens is 387 g/mol. The quantitative estimate of drug-likeness (QED) is 0.621. The molecule has 27 heavy (non-hydrogen) atoms. The van der Waals surface area contributed by atoms with Crippen molar-refractivity contribution in [2.75, 3.05) is 17.6 Å². The number of carbonyl (C=O) groups excluding carboxylic acids is 1. The Hall–Kier alpha value is -1.90. The van der Waals surface area contributed by atoms with E-state index in [9.17, 15) is 17.6 Å². The third-order valence-electron chi connectivity index (χ3n) is 4.12. The van der Waals surface area contributed by atoms with Crippen molar-refractivity contribution < 1.29 is 17.6 Å². The van der Waals surface area contributed by atoms with Gasteiger partial charge in [0.1, 0.15) is 5.82 Å². The van der Waals surface area contributed by atoms with Gasteiger partial charge >= 0.3 is 0 Å². The van der Waals surface area contributed by atoms with E-state index < -0.39 is 10.0 Å². The van der Waals surface area contributed by atoms with Crippen LogP contribution in [0.25, 0.3) is 0 Å². The molecule has 0 atom stereocenters. The number of benzene rings is 2. The third kappa shape index (κ3) is 6.34. The van der Waals surface area contributed by atoms with Crippen molar-refractivity contribution in [1.82, 2.24) is 4.72 Å². The Morgan fingerprint density at radius 1 is 1.07 bits per heavy atom. The number of hydrogen-bond acceptors (Lipinski definition) is 4. The molecule has 0 aromatic heterocycles. The number of sulfonamides is 1. The Morgan fingerprint density at radius 3 is 2.37 bits per heavy atom. The summed E-state index contributed by atoms with van der Waals surface area (Å²) in [7, 11) is -3.50. The molecule has 5 nitrogen and oxygen atoms in total. The minimum atomic E-state index is -3.50. The molecule has 0 radical (unpaired) electrons. The van der Waals surface area contributed by atoms with E-state index in [0.717, 1.165) is 17.7 Å². The summed E-state index contributed by atoms with van der Waals surface area (Å²) < 4.78 is 39.8. The van der Waals surface area contributed by atoms with E-state index in [0.29, 0.717) is 30.3 Å². The van der Waals surface area contributed by atoms with Gasteiger partial charge < -0.3 is 5.32 Å². The summed E-state index contributed by atoms with van der Waals surface area (Å²) in [4.78, 5) is 13.1. The van der Waals surface area contributed by atoms with Gasteiger partial charge in [0.05, 0.1) is 4.90 Å². The van der Waals surface area contributed by atoms with E-state index >= 15 is 0 Å². The Balaban J connectivity index is 1.45. The molecule has 144 valence electrons. The highest BCUT2D eigenvalue weighted by Gasteiger charge is 2.24. The number of amides is 1. The molecule has 2 N–H and O–H groups in total. The zero-order chi connectivity index (χ0) is 19.3. The van der Waals surface area contributed by atoms with E-state index in [4.69, 9.17) is 0 Å². The van der Waals surface area contributed by atoms with Crippen LogP contribution in [0.4, 0.5) is 10.1 Å². The molecule has 1 amide bonds. The minimum Gasteiger partial charge on any atom is -0.326 e. The van der Waals surface area contributed by atoms with Crippen molar-refractivity contribution in [3.8, 4) is 0 Å². The number of halogens is 1. The zero-order valence-electron chi connectivity index (χ0n) is 14.7. The molecule has 1 aliphatic rings. The molecular formula is C19H21FN2O3S2. The van der Waals surface area contributed by atoms with E-state index in [2.05, 4.69) is 10.0 Å². The maximum Gasteiger partial charge on any atom is 0.240 e. The molecule has 1 aliphatic carbocycles. The average Bonchev–Trinajstić information content (AvgIpc) is 3.47. The highest BCUT2D eigenvalue weighted by molar-refractivity contribution is 7.99. The lowest BCUT2D eigenvalue weighted by molar-refractivity contribution is -0.115. The first-order valence-electron chi connectivity index (χ1n) is 8.70. The third-order valence-corrected chi connectivity index (χ3v) is 6.57. The Morgan fingerprint density at radius 2 is 1.74 bits per heavy atom. The normalized spacial score (nSPS) is 14.1. The fourth-order valence-corrected chi connectivity index (χ4v) is 4.33. The average molecular weight is 409 g/mol. The van der Waals surface area contributed by atoms with Crippen molar-refractivity contribution in [3.63, 3.8) is 0 Å². The summed E-state index contributed by atoms with van der Waals surface area (Å²) in [5.74, 6) is 0.582. The molecule has 0 heterocycles. The van der Waals surface area contributed by atoms with Crippen LogP contribution in [0, 0.1) is 11.7 Å². The zero-order valence-corrected chi connectivity index (χ0v) is 16.3. The van der Waals surface area contributed by atoms with Crippen LogP contribution >= 0.6 is 11.8 Å². The SMILES string of the molecule is O=C(CCSc1ccc(F)cc1)Nc1ccc(S(=O)(=O)NCC2CC2)cc1. The van der Waals surface area contributed by atoms with Crippen LogP contribution in [-0.2, 0) is 14.8 Å². The Bertz CT molecular complexity index is 880. The second kappa shape index (κ2) is 8.86. The number of anilines is 1. The molecule has 2 aromatic carbocycles. The van der Waals surface area contributed by atoms with Crippen LogP contribution in [0.5, 0.6) is 0 Å². The topological polar surface area (TPSA) is 75.3 Å². The van der Waals surface area contributed by atoms with E-state index in [1.807, 2.05) is 0 Å². The van der Waals surface area contributed by atoms with Gasteiger partial charge in [-0.3, -0.25) is 4.79 Å². The lowest BCUT2D eigenvalue weighted by Gasteiger charge is -2.08. The van der Waals surface area contributed by atoms with Crippen molar-refractivity contribution >= 4 is 33.4 Å². The van der Waals surface area contributed by atoms with Gasteiger partial charge in [0.15, 0.2) is 0 Å². The molecule has 3 rings (SSSR count). The van der Waals surface area contributed by atoms with Crippen LogP contribution in [0.15, 0.2) is 58.3 Å². The summed E-state index contributed by atoms with van der Waals surface area (Å²) in [6.45, 7) is 0.479. The van der Waals surface area contributed by atoms with E-state index in [1.54, 1.807) is 24.3 Å². The van der Waals surface area contributed by atoms with E-state index in [1.165, 1.54) is 36.0 Å². The molecule has 1 saturated carbocycles. The number of nitrogens with one attached hydrogen (secondary N) is 2. The summed E-state index contributed by atoms with van der Waals surface area (Å²) in [5.41, 5.74) is 0.549. The van der Waals surface area contributed by atoms with Gasteiger partial charge in [0.25, 0.3) is 0 Å². The van der Waals surface area contributed by atoms with Crippen LogP contribution in [-0.4, -0.2) is 26.6 Å². The lowest BCUT2D eigenvalue weighted by atomic mass is 10.3. The van der Waals surface area contributed by atoms with Gasteiger partial charge in [-0.05, 0) is 67.3 Å². The van der Waals surface area contributed by atoms with Crippen molar-refractivity contribution in [2.24, 2.45) is 5.92 Å². The molecule has 0 aliphatic heterocycles. The molecule has 0 spiro atoms. The highest BCUT2D eigenvalue weighted by Crippen LogP contribution is 2.28. The molecule has 2 aromatic rings. The Labute approximate surface area is 162 Å². The van der Waals surface area contributed by atoms with Crippen molar-refractivity contribution in [1.29, 1.82) is 0 Å². The van der Waals surface area contributed by atoms with Crippen molar-refractivity contribution in [3.05, 3.63) is 54.3 Å². The highest BCUT2D eigenvalue weighted by atomic mass is 32.2. The molecule has 8 heteroatoms. The van der Waals surface area contributed by atoms with Crippen molar-refractivity contribution in [2.45, 2.75) is 29.1 Å². The molecule has 0 unspecified atom stereocenters. The fourth-order valence-electron chi connectivity index (χ4n) is 2.37. The van der Waals surface area contributed by atoms with Gasteiger partial charge in [-0.1, -0.05) is 0 Å². The first kappa shape index (κ1) is 19.9. The lowest BCUT2D eigenvalue weighted by Crippen LogP contribution is -2.25. The maximum absolute atomic E-state index is 12.8. The van der Waals surface area contributed by atoms with Gasteiger partial charge in [0.2, 0.25) is 15.9 Å². The molecule has 1 fully saturated rings. The summed E-state index contributed by atoms with van der Waals surface area (Å²) in [6, 6.07) is 12.3. The first-order chi connectivity index (χ1) is 12.9. The summed E-state index contributed by atoms with van der Waals surface area (Å²) >= 11 is 1.47. The van der Waals surface area contributed by atoms with Crippen LogP contribution in [0.3, 0.4) is 0 Å². The fraction of sp³-hybridized carbons (Fsp3) is 0.316. The number of thioether (sulfide) groups is 1. The monoisotopic (exact) mass is 408 g/mol. The second-order valence-electron chi connectivity index (χ2n) is 6.42. The maximum atomic E-state index is 12.8. The van der Waals surface area contributed by atoms with Gasteiger partial charge in [-0.25, -0.2) is 17.5 Å². The standard InChI is InChI=1S/C19H21FN2O3S2/c20-15-3-7-17(8-4-15)26-12-11-19(23)22-16-5-9-18(10-6-16)27(24,25)21-13-14-1-2-14/h3-10,14,21H,1-2,11-13H2,(H,22,23). The minimum absolute atomic E-state index is 0.160. The summed E-state index contributed by atoms with van der Waals surface area (Å²) in [5, 5.41) is 2.75. The first-order valence-corrected chi connectivity index (χ1v) is 11.2. The molecule has 0 bridgehead atoms. The predicted molar refractivity (Wildman–Crippen MR) is 105 cm³/mol. The number of hydrogen-bond donors (Lipinski definition) is 2. The predicted octanol–water partition coefficient (Wildman–Crippen LogP) is 3.63. The summed E-state index contributed by atoms with van der Waals surface area (Å²) in [6.07, 6.45) is 2.45. The largest absolute Gasteiger partial charge is 0.326 e. The smallest absolute Gasteiger partial charge is 0.240 e. The second-order valence-corrected chi connectivity index (χ2v) is 9.36. The van der Waals surface area contributed by atoms with Crippen LogP contribution in [0.1, 0.15) is 19.3 Å². The van der Waals surface area contributed by atoms with Crippen LogP contribution in [0.2, 0.25) is 0 Å². The molecule has 0 saturated heterocycles. The number of rotatable bonds is 9. The van der Waals surface area contributed by atoms with Crippen LogP contribution < -0.4 is 10.0 Å². The van der Waals surface area contributed by atoms with Gasteiger partial charge in [-0.2, -0.15) is 0 Å². The Kier molecular flexibility index (Phi) is 6.51. The van der Waals surface area contributed by atoms with Gasteiger partial charge in [-0.15, -0.1) is 11.8 Å².